The monoisotopic (exact) mass is 389 g/mol. The number of thioether (sulfide) groups is 1. The number of nitrogens with zero attached hydrogens (tertiary/aromatic N) is 2. The number of carbonyl (C=O) groups is 1. The Morgan fingerprint density at radius 2 is 2.08 bits per heavy atom. The van der Waals surface area contributed by atoms with Gasteiger partial charge in [-0.05, 0) is 30.3 Å². The SMILES string of the molecule is COc1cccc(-c2nnc(SCCC(=O)Nc3ccccc3Cl)o2)c1. The van der Waals surface area contributed by atoms with Crippen LogP contribution < -0.4 is 10.1 Å². The number of methoxy groups -OCH3 is 1. The maximum Gasteiger partial charge on any atom is 0.276 e. The maximum absolute atomic E-state index is 12.0. The van der Waals surface area contributed by atoms with Gasteiger partial charge in [0.15, 0.2) is 0 Å². The van der Waals surface area contributed by atoms with E-state index in [9.17, 15) is 4.79 Å². The van der Waals surface area contributed by atoms with Crippen molar-refractivity contribution in [2.75, 3.05) is 18.2 Å². The van der Waals surface area contributed by atoms with E-state index in [1.165, 1.54) is 11.8 Å². The number of nitrogens with one attached hydrogen (secondary N) is 1. The summed E-state index contributed by atoms with van der Waals surface area (Å²) in [6.07, 6.45) is 0.298. The van der Waals surface area contributed by atoms with Crippen LogP contribution in [0.1, 0.15) is 6.42 Å². The number of anilines is 1. The Hall–Kier alpha value is -2.51. The van der Waals surface area contributed by atoms with Crippen LogP contribution in [-0.4, -0.2) is 29.0 Å². The summed E-state index contributed by atoms with van der Waals surface area (Å²) in [4.78, 5) is 12.0. The van der Waals surface area contributed by atoms with Crippen molar-refractivity contribution in [1.29, 1.82) is 0 Å². The second kappa shape index (κ2) is 8.73. The van der Waals surface area contributed by atoms with Gasteiger partial charge in [0.1, 0.15) is 5.75 Å². The van der Waals surface area contributed by atoms with Crippen molar-refractivity contribution in [1.82, 2.24) is 10.2 Å². The molecule has 2 aromatic carbocycles. The molecule has 134 valence electrons. The molecule has 8 heteroatoms. The Morgan fingerprint density at radius 1 is 1.23 bits per heavy atom. The number of para-hydroxylation sites is 1. The molecular formula is C18H16ClN3O3S. The first kappa shape index (κ1) is 18.3. The van der Waals surface area contributed by atoms with E-state index in [1.54, 1.807) is 19.2 Å². The Morgan fingerprint density at radius 3 is 2.88 bits per heavy atom. The lowest BCUT2D eigenvalue weighted by Gasteiger charge is -2.05. The Balaban J connectivity index is 1.52. The molecule has 3 rings (SSSR count). The molecule has 3 aromatic rings. The number of ether oxygens (including phenoxy) is 1. The van der Waals surface area contributed by atoms with Crippen LogP contribution in [0.15, 0.2) is 58.2 Å². The number of halogens is 1. The highest BCUT2D eigenvalue weighted by Gasteiger charge is 2.11. The predicted molar refractivity (Wildman–Crippen MR) is 102 cm³/mol. The van der Waals surface area contributed by atoms with Crippen LogP contribution in [0.2, 0.25) is 5.02 Å². The van der Waals surface area contributed by atoms with Crippen molar-refractivity contribution >= 4 is 35.0 Å². The van der Waals surface area contributed by atoms with Gasteiger partial charge in [-0.3, -0.25) is 4.79 Å². The summed E-state index contributed by atoms with van der Waals surface area (Å²) >= 11 is 7.34. The van der Waals surface area contributed by atoms with E-state index < -0.39 is 0 Å². The lowest BCUT2D eigenvalue weighted by molar-refractivity contribution is -0.115. The number of carbonyl (C=O) groups excluding carboxylic acids is 1. The minimum absolute atomic E-state index is 0.127. The lowest BCUT2D eigenvalue weighted by Crippen LogP contribution is -2.12. The van der Waals surface area contributed by atoms with Crippen LogP contribution in [0, 0.1) is 0 Å². The zero-order valence-corrected chi connectivity index (χ0v) is 15.5. The number of aromatic nitrogens is 2. The second-order valence-corrected chi connectivity index (χ2v) is 6.68. The van der Waals surface area contributed by atoms with Crippen molar-refractivity contribution in [2.45, 2.75) is 11.6 Å². The summed E-state index contributed by atoms with van der Waals surface area (Å²) in [5.74, 6) is 1.51. The highest BCUT2D eigenvalue weighted by Crippen LogP contribution is 2.26. The van der Waals surface area contributed by atoms with Gasteiger partial charge in [0.25, 0.3) is 5.22 Å². The van der Waals surface area contributed by atoms with Gasteiger partial charge in [0.2, 0.25) is 11.8 Å². The number of amides is 1. The highest BCUT2D eigenvalue weighted by atomic mass is 35.5. The summed E-state index contributed by atoms with van der Waals surface area (Å²) in [7, 11) is 1.60. The third kappa shape index (κ3) is 4.77. The van der Waals surface area contributed by atoms with Crippen LogP contribution >= 0.6 is 23.4 Å². The van der Waals surface area contributed by atoms with Gasteiger partial charge < -0.3 is 14.5 Å². The fourth-order valence-corrected chi connectivity index (χ4v) is 3.03. The molecule has 1 aromatic heterocycles. The first-order valence-corrected chi connectivity index (χ1v) is 9.17. The normalized spacial score (nSPS) is 10.5. The number of hydrogen-bond acceptors (Lipinski definition) is 6. The zero-order chi connectivity index (χ0) is 18.4. The Kier molecular flexibility index (Phi) is 6.14. The van der Waals surface area contributed by atoms with E-state index in [4.69, 9.17) is 20.8 Å². The van der Waals surface area contributed by atoms with Crippen molar-refractivity contribution in [3.63, 3.8) is 0 Å². The molecule has 0 saturated heterocycles. The van der Waals surface area contributed by atoms with E-state index in [-0.39, 0.29) is 5.91 Å². The molecule has 1 heterocycles. The van der Waals surface area contributed by atoms with E-state index in [1.807, 2.05) is 36.4 Å². The number of rotatable bonds is 7. The lowest BCUT2D eigenvalue weighted by atomic mass is 10.2. The average Bonchev–Trinajstić information content (AvgIpc) is 3.13. The molecule has 0 fully saturated rings. The predicted octanol–water partition coefficient (Wildman–Crippen LogP) is 4.52. The van der Waals surface area contributed by atoms with Gasteiger partial charge in [0.05, 0.1) is 17.8 Å². The minimum atomic E-state index is -0.127. The smallest absolute Gasteiger partial charge is 0.276 e. The molecule has 0 aliphatic rings. The third-order valence-electron chi connectivity index (χ3n) is 3.43. The largest absolute Gasteiger partial charge is 0.497 e. The summed E-state index contributed by atoms with van der Waals surface area (Å²) in [6.45, 7) is 0. The van der Waals surface area contributed by atoms with Gasteiger partial charge in [-0.15, -0.1) is 10.2 Å². The summed E-state index contributed by atoms with van der Waals surface area (Å²) in [6, 6.07) is 14.5. The summed E-state index contributed by atoms with van der Waals surface area (Å²) in [5.41, 5.74) is 1.38. The zero-order valence-electron chi connectivity index (χ0n) is 13.9. The van der Waals surface area contributed by atoms with Gasteiger partial charge in [-0.2, -0.15) is 0 Å². The molecule has 0 aliphatic heterocycles. The topological polar surface area (TPSA) is 77.2 Å². The molecule has 0 aliphatic carbocycles. The number of hydrogen-bond donors (Lipinski definition) is 1. The van der Waals surface area contributed by atoms with E-state index in [2.05, 4.69) is 15.5 Å². The van der Waals surface area contributed by atoms with E-state index in [0.29, 0.717) is 39.7 Å². The van der Waals surface area contributed by atoms with Crippen molar-refractivity contribution in [3.8, 4) is 17.2 Å². The molecule has 0 saturated carbocycles. The molecule has 26 heavy (non-hydrogen) atoms. The fourth-order valence-electron chi connectivity index (χ4n) is 2.15. The Bertz CT molecular complexity index is 901. The first-order valence-electron chi connectivity index (χ1n) is 7.81. The average molecular weight is 390 g/mol. The van der Waals surface area contributed by atoms with Crippen molar-refractivity contribution in [3.05, 3.63) is 53.6 Å². The van der Waals surface area contributed by atoms with Gasteiger partial charge in [-0.1, -0.05) is 41.6 Å². The van der Waals surface area contributed by atoms with Crippen LogP contribution in [0.4, 0.5) is 5.69 Å². The van der Waals surface area contributed by atoms with E-state index in [0.717, 1.165) is 5.56 Å². The van der Waals surface area contributed by atoms with E-state index >= 15 is 0 Å². The molecule has 0 spiro atoms. The van der Waals surface area contributed by atoms with Crippen molar-refractivity contribution in [2.24, 2.45) is 0 Å². The molecule has 0 atom stereocenters. The third-order valence-corrected chi connectivity index (χ3v) is 4.58. The first-order chi connectivity index (χ1) is 12.7. The Labute approximate surface area is 159 Å². The fraction of sp³-hybridized carbons (Fsp3) is 0.167. The molecule has 1 amide bonds. The van der Waals surface area contributed by atoms with Gasteiger partial charge in [-0.25, -0.2) is 0 Å². The quantitative estimate of drug-likeness (QED) is 0.598. The standard InChI is InChI=1S/C18H16ClN3O3S/c1-24-13-6-4-5-12(11-13)17-21-22-18(25-17)26-10-9-16(23)20-15-8-3-2-7-14(15)19/h2-8,11H,9-10H2,1H3,(H,20,23). The summed E-state index contributed by atoms with van der Waals surface area (Å²) < 4.78 is 10.8. The van der Waals surface area contributed by atoms with Gasteiger partial charge in [0, 0.05) is 17.7 Å². The van der Waals surface area contributed by atoms with Crippen LogP contribution in [0.3, 0.4) is 0 Å². The minimum Gasteiger partial charge on any atom is -0.497 e. The highest BCUT2D eigenvalue weighted by molar-refractivity contribution is 7.99. The molecule has 1 N–H and O–H groups in total. The maximum atomic E-state index is 12.0. The molecule has 0 unspecified atom stereocenters. The number of benzene rings is 2. The van der Waals surface area contributed by atoms with Crippen LogP contribution in [-0.2, 0) is 4.79 Å². The van der Waals surface area contributed by atoms with Crippen molar-refractivity contribution < 1.29 is 13.9 Å². The molecule has 0 radical (unpaired) electrons. The summed E-state index contributed by atoms with van der Waals surface area (Å²) in [5, 5.41) is 11.7. The molecule has 0 bridgehead atoms. The van der Waals surface area contributed by atoms with Crippen LogP contribution in [0.5, 0.6) is 5.75 Å². The van der Waals surface area contributed by atoms with Gasteiger partial charge >= 0.3 is 0 Å². The van der Waals surface area contributed by atoms with Crippen LogP contribution in [0.25, 0.3) is 11.5 Å². The molecular weight excluding hydrogens is 374 g/mol. The molecule has 6 nitrogen and oxygen atoms in total. The second-order valence-electron chi connectivity index (χ2n) is 5.23.